The first-order chi connectivity index (χ1) is 29.7. The van der Waals surface area contributed by atoms with Gasteiger partial charge in [0.2, 0.25) is 0 Å². The van der Waals surface area contributed by atoms with E-state index in [2.05, 4.69) is 206 Å². The molecule has 1 aliphatic rings. The Balaban J connectivity index is 1.05. The van der Waals surface area contributed by atoms with Crippen LogP contribution in [0.1, 0.15) is 18.4 Å². The SMILES string of the molecule is C1=CC(c2cccc(-c3nc(-c4cccc(-c5ccccc5)c4)nc(-c4ccccc4-c4cccc(-c5ccc6c7ccccc7c7ccccc7c6c5)c4)n3)c2)=CCC1. The molecule has 0 N–H and O–H groups in total. The minimum atomic E-state index is 0.632. The second kappa shape index (κ2) is 15.2. The predicted molar refractivity (Wildman–Crippen MR) is 251 cm³/mol. The van der Waals surface area contributed by atoms with Crippen LogP contribution in [0.2, 0.25) is 0 Å². The molecule has 1 aromatic heterocycles. The number of fused-ring (bicyclic) bond motifs is 6. The third-order valence-corrected chi connectivity index (χ3v) is 11.7. The van der Waals surface area contributed by atoms with Crippen molar-refractivity contribution in [3.63, 3.8) is 0 Å². The molecule has 0 aliphatic heterocycles. The van der Waals surface area contributed by atoms with Crippen LogP contribution in [0.4, 0.5) is 0 Å². The molecule has 0 atom stereocenters. The van der Waals surface area contributed by atoms with Gasteiger partial charge in [0.25, 0.3) is 0 Å². The number of allylic oxidation sites excluding steroid dienone is 4. The van der Waals surface area contributed by atoms with E-state index < -0.39 is 0 Å². The molecule has 0 unspecified atom stereocenters. The van der Waals surface area contributed by atoms with Crippen molar-refractivity contribution in [2.45, 2.75) is 12.8 Å². The molecular formula is C57H39N3. The second-order valence-electron chi connectivity index (χ2n) is 15.5. The Labute approximate surface area is 349 Å². The topological polar surface area (TPSA) is 38.7 Å². The molecule has 0 radical (unpaired) electrons. The quantitative estimate of drug-likeness (QED) is 0.152. The van der Waals surface area contributed by atoms with Crippen molar-refractivity contribution in [2.75, 3.05) is 0 Å². The van der Waals surface area contributed by atoms with Gasteiger partial charge in [-0.15, -0.1) is 0 Å². The smallest absolute Gasteiger partial charge is 0.164 e. The molecule has 3 nitrogen and oxygen atoms in total. The molecule has 0 bridgehead atoms. The van der Waals surface area contributed by atoms with Crippen LogP contribution >= 0.6 is 0 Å². The summed E-state index contributed by atoms with van der Waals surface area (Å²) in [7, 11) is 0. The van der Waals surface area contributed by atoms with Crippen molar-refractivity contribution in [3.8, 4) is 67.5 Å². The average Bonchev–Trinajstić information content (AvgIpc) is 3.34. The van der Waals surface area contributed by atoms with E-state index in [4.69, 9.17) is 15.0 Å². The van der Waals surface area contributed by atoms with Gasteiger partial charge in [-0.1, -0.05) is 188 Å². The van der Waals surface area contributed by atoms with Gasteiger partial charge in [-0.3, -0.25) is 0 Å². The number of hydrogen-bond donors (Lipinski definition) is 0. The van der Waals surface area contributed by atoms with Crippen LogP contribution in [0.5, 0.6) is 0 Å². The van der Waals surface area contributed by atoms with Gasteiger partial charge < -0.3 is 0 Å². The summed E-state index contributed by atoms with van der Waals surface area (Å²) >= 11 is 0. The average molecular weight is 766 g/mol. The van der Waals surface area contributed by atoms with Crippen molar-refractivity contribution in [3.05, 3.63) is 218 Å². The van der Waals surface area contributed by atoms with E-state index in [9.17, 15) is 0 Å². The summed E-state index contributed by atoms with van der Waals surface area (Å²) in [6, 6.07) is 69.2. The van der Waals surface area contributed by atoms with E-state index in [1.807, 2.05) is 6.07 Å². The van der Waals surface area contributed by atoms with Gasteiger partial charge >= 0.3 is 0 Å². The lowest BCUT2D eigenvalue weighted by molar-refractivity contribution is 1.04. The molecule has 10 aromatic rings. The fraction of sp³-hybridized carbons (Fsp3) is 0.0351. The third-order valence-electron chi connectivity index (χ3n) is 11.7. The van der Waals surface area contributed by atoms with Crippen LogP contribution in [0.25, 0.3) is 105 Å². The van der Waals surface area contributed by atoms with E-state index in [0.717, 1.165) is 62.9 Å². The van der Waals surface area contributed by atoms with E-state index in [-0.39, 0.29) is 0 Å². The van der Waals surface area contributed by atoms with Crippen LogP contribution in [0, 0.1) is 0 Å². The molecule has 11 rings (SSSR count). The number of aromatic nitrogens is 3. The molecule has 3 heteroatoms. The van der Waals surface area contributed by atoms with Gasteiger partial charge in [0.15, 0.2) is 17.5 Å². The van der Waals surface area contributed by atoms with E-state index in [0.29, 0.717) is 17.5 Å². The number of nitrogens with zero attached hydrogens (tertiary/aromatic N) is 3. The Hall–Kier alpha value is -7.75. The van der Waals surface area contributed by atoms with Gasteiger partial charge in [0.1, 0.15) is 0 Å². The summed E-state index contributed by atoms with van der Waals surface area (Å²) < 4.78 is 0. The predicted octanol–water partition coefficient (Wildman–Crippen LogP) is 15.1. The lowest BCUT2D eigenvalue weighted by Gasteiger charge is -2.14. The van der Waals surface area contributed by atoms with Crippen molar-refractivity contribution in [1.82, 2.24) is 15.0 Å². The second-order valence-corrected chi connectivity index (χ2v) is 15.5. The highest BCUT2D eigenvalue weighted by Gasteiger charge is 2.18. The molecule has 0 amide bonds. The number of hydrogen-bond acceptors (Lipinski definition) is 3. The molecule has 0 saturated carbocycles. The maximum Gasteiger partial charge on any atom is 0.164 e. The standard InChI is InChI=1S/C57H39N3/c1-3-16-38(17-4-1)40-20-14-24-45(35-40)55-58-56(46-25-15-21-41(36-46)39-18-5-2-6-19-39)60-57(59-55)53-31-12-7-26-47(53)44-23-13-22-42(34-44)43-32-33-52-50-29-9-8-27-48(50)49-28-10-11-30-51(49)54(52)37-43/h1,3-5,7-37H,2,6H2. The Kier molecular flexibility index (Phi) is 8.98. The summed E-state index contributed by atoms with van der Waals surface area (Å²) in [6.45, 7) is 0. The molecule has 0 fully saturated rings. The fourth-order valence-corrected chi connectivity index (χ4v) is 8.77. The fourth-order valence-electron chi connectivity index (χ4n) is 8.77. The molecule has 1 heterocycles. The van der Waals surface area contributed by atoms with Crippen LogP contribution in [0.15, 0.2) is 212 Å². The largest absolute Gasteiger partial charge is 0.208 e. The molecular weight excluding hydrogens is 727 g/mol. The number of rotatable bonds is 7. The molecule has 0 spiro atoms. The Morgan fingerprint density at radius 3 is 1.42 bits per heavy atom. The minimum absolute atomic E-state index is 0.632. The highest BCUT2D eigenvalue weighted by molar-refractivity contribution is 6.25. The van der Waals surface area contributed by atoms with Crippen LogP contribution < -0.4 is 0 Å². The van der Waals surface area contributed by atoms with E-state index >= 15 is 0 Å². The van der Waals surface area contributed by atoms with E-state index in [1.165, 1.54) is 43.5 Å². The maximum absolute atomic E-state index is 5.26. The summed E-state index contributed by atoms with van der Waals surface area (Å²) in [4.78, 5) is 15.7. The van der Waals surface area contributed by atoms with Gasteiger partial charge in [0, 0.05) is 16.7 Å². The monoisotopic (exact) mass is 765 g/mol. The molecule has 9 aromatic carbocycles. The summed E-state index contributed by atoms with van der Waals surface area (Å²) in [5, 5.41) is 7.63. The normalized spacial score (nSPS) is 12.6. The van der Waals surface area contributed by atoms with E-state index in [1.54, 1.807) is 0 Å². The Morgan fingerprint density at radius 2 is 0.750 bits per heavy atom. The molecule has 282 valence electrons. The summed E-state index contributed by atoms with van der Waals surface area (Å²) in [5.41, 5.74) is 12.0. The third kappa shape index (κ3) is 6.57. The van der Waals surface area contributed by atoms with Gasteiger partial charge in [-0.05, 0) is 114 Å². The molecule has 60 heavy (non-hydrogen) atoms. The first-order valence-corrected chi connectivity index (χ1v) is 20.7. The first kappa shape index (κ1) is 35.4. The zero-order chi connectivity index (χ0) is 39.8. The maximum atomic E-state index is 5.26. The first-order valence-electron chi connectivity index (χ1n) is 20.7. The van der Waals surface area contributed by atoms with Crippen LogP contribution in [-0.4, -0.2) is 15.0 Å². The van der Waals surface area contributed by atoms with Crippen molar-refractivity contribution in [2.24, 2.45) is 0 Å². The molecule has 0 saturated heterocycles. The summed E-state index contributed by atoms with van der Waals surface area (Å²) in [6.07, 6.45) is 8.89. The van der Waals surface area contributed by atoms with Crippen molar-refractivity contribution in [1.29, 1.82) is 0 Å². The Morgan fingerprint density at radius 1 is 0.283 bits per heavy atom. The Bertz CT molecular complexity index is 3290. The summed E-state index contributed by atoms with van der Waals surface area (Å²) in [5.74, 6) is 1.91. The lowest BCUT2D eigenvalue weighted by Crippen LogP contribution is -2.01. The molecule has 1 aliphatic carbocycles. The van der Waals surface area contributed by atoms with Gasteiger partial charge in [-0.2, -0.15) is 0 Å². The van der Waals surface area contributed by atoms with Crippen LogP contribution in [-0.2, 0) is 0 Å². The van der Waals surface area contributed by atoms with Gasteiger partial charge in [0.05, 0.1) is 0 Å². The van der Waals surface area contributed by atoms with Crippen molar-refractivity contribution < 1.29 is 0 Å². The number of benzene rings is 9. The highest BCUT2D eigenvalue weighted by atomic mass is 15.0. The van der Waals surface area contributed by atoms with Gasteiger partial charge in [-0.25, -0.2) is 15.0 Å². The zero-order valence-corrected chi connectivity index (χ0v) is 33.0. The minimum Gasteiger partial charge on any atom is -0.208 e. The highest BCUT2D eigenvalue weighted by Crippen LogP contribution is 2.39. The lowest BCUT2D eigenvalue weighted by atomic mass is 9.91. The van der Waals surface area contributed by atoms with Crippen LogP contribution in [0.3, 0.4) is 0 Å². The zero-order valence-electron chi connectivity index (χ0n) is 33.0. The van der Waals surface area contributed by atoms with Crippen molar-refractivity contribution >= 4 is 37.9 Å².